The quantitative estimate of drug-likeness (QED) is 0.571. The van der Waals surface area contributed by atoms with E-state index in [1.54, 1.807) is 43.3 Å². The van der Waals surface area contributed by atoms with Gasteiger partial charge in [0.25, 0.3) is 5.91 Å². The number of hydrogen-bond donors (Lipinski definition) is 0. The molecule has 0 saturated carbocycles. The van der Waals surface area contributed by atoms with Gasteiger partial charge in [-0.2, -0.15) is 5.10 Å². The fraction of sp³-hybridized carbons (Fsp3) is 0.238. The van der Waals surface area contributed by atoms with Crippen molar-refractivity contribution in [1.29, 1.82) is 0 Å². The number of fused-ring (bicyclic) bond motifs is 1. The van der Waals surface area contributed by atoms with Crippen LogP contribution in [0, 0.1) is 12.8 Å². The summed E-state index contributed by atoms with van der Waals surface area (Å²) in [6, 6.07) is 12.9. The van der Waals surface area contributed by atoms with Crippen molar-refractivity contribution >= 4 is 46.5 Å². The number of esters is 1. The van der Waals surface area contributed by atoms with Crippen molar-refractivity contribution in [1.82, 2.24) is 0 Å². The van der Waals surface area contributed by atoms with Gasteiger partial charge in [0.05, 0.1) is 23.0 Å². The largest absolute Gasteiger partial charge is 0.461 e. The lowest BCUT2D eigenvalue weighted by Crippen LogP contribution is -2.39. The molecule has 0 unspecified atom stereocenters. The predicted octanol–water partition coefficient (Wildman–Crippen LogP) is 2.95. The molecule has 2 aromatic carbocycles. The third-order valence-corrected chi connectivity index (χ3v) is 5.25. The number of carbonyl (C=O) groups is 3. The lowest BCUT2D eigenvalue weighted by Gasteiger charge is -2.22. The molecule has 0 aliphatic carbocycles. The summed E-state index contributed by atoms with van der Waals surface area (Å²) in [4.78, 5) is 40.1. The van der Waals surface area contributed by atoms with Crippen molar-refractivity contribution < 1.29 is 19.1 Å². The summed E-state index contributed by atoms with van der Waals surface area (Å²) in [5.74, 6) is -2.80. The summed E-state index contributed by atoms with van der Waals surface area (Å²) in [5.41, 5.74) is 1.84. The standard InChI is InChI=1S/C21H18ClN3O4/c1-3-29-21(28)17-16-18(25(23-17)13-10-8-12(2)9-11-13)20(27)24(19(16)26)15-7-5-4-6-14(15)22/h4-11,16,18H,3H2,1-2H3/t16-,18-/m0/s1. The highest BCUT2D eigenvalue weighted by Gasteiger charge is 2.59. The van der Waals surface area contributed by atoms with Crippen LogP contribution in [0.4, 0.5) is 11.4 Å². The zero-order valence-electron chi connectivity index (χ0n) is 15.8. The Bertz CT molecular complexity index is 1030. The van der Waals surface area contributed by atoms with Gasteiger partial charge in [0, 0.05) is 0 Å². The topological polar surface area (TPSA) is 79.3 Å². The molecule has 2 aromatic rings. The molecule has 148 valence electrons. The Morgan fingerprint density at radius 1 is 1.10 bits per heavy atom. The molecule has 2 atom stereocenters. The van der Waals surface area contributed by atoms with E-state index in [0.29, 0.717) is 5.69 Å². The van der Waals surface area contributed by atoms with Crippen LogP contribution in [0.2, 0.25) is 5.02 Å². The summed E-state index contributed by atoms with van der Waals surface area (Å²) in [6.45, 7) is 3.74. The van der Waals surface area contributed by atoms with E-state index in [4.69, 9.17) is 16.3 Å². The average Bonchev–Trinajstić information content (AvgIpc) is 3.21. The van der Waals surface area contributed by atoms with Crippen LogP contribution in [0.5, 0.6) is 0 Å². The summed E-state index contributed by atoms with van der Waals surface area (Å²) >= 11 is 6.23. The van der Waals surface area contributed by atoms with Gasteiger partial charge in [-0.1, -0.05) is 41.4 Å². The molecule has 29 heavy (non-hydrogen) atoms. The number of ether oxygens (including phenoxy) is 1. The number of rotatable bonds is 4. The van der Waals surface area contributed by atoms with Gasteiger partial charge < -0.3 is 4.74 Å². The molecular formula is C21H18ClN3O4. The van der Waals surface area contributed by atoms with Crippen LogP contribution in [0.15, 0.2) is 53.6 Å². The van der Waals surface area contributed by atoms with Crippen molar-refractivity contribution in [2.45, 2.75) is 19.9 Å². The summed E-state index contributed by atoms with van der Waals surface area (Å²) in [7, 11) is 0. The molecule has 7 nitrogen and oxygen atoms in total. The van der Waals surface area contributed by atoms with Gasteiger partial charge in [-0.3, -0.25) is 14.6 Å². The van der Waals surface area contributed by atoms with E-state index in [1.165, 1.54) is 5.01 Å². The molecule has 4 rings (SSSR count). The minimum Gasteiger partial charge on any atom is -0.461 e. The van der Waals surface area contributed by atoms with Crippen molar-refractivity contribution in [3.05, 3.63) is 59.1 Å². The number of anilines is 2. The summed E-state index contributed by atoms with van der Waals surface area (Å²) in [6.07, 6.45) is 0. The number of para-hydroxylation sites is 1. The van der Waals surface area contributed by atoms with E-state index < -0.39 is 29.7 Å². The van der Waals surface area contributed by atoms with Crippen LogP contribution in [0.3, 0.4) is 0 Å². The molecule has 0 spiro atoms. The first-order valence-corrected chi connectivity index (χ1v) is 9.55. The highest BCUT2D eigenvalue weighted by molar-refractivity contribution is 6.48. The minimum absolute atomic E-state index is 0.0784. The van der Waals surface area contributed by atoms with Gasteiger partial charge in [0.15, 0.2) is 5.71 Å². The number of carbonyl (C=O) groups excluding carboxylic acids is 3. The Labute approximate surface area is 172 Å². The van der Waals surface area contributed by atoms with E-state index >= 15 is 0 Å². The number of amides is 2. The second-order valence-electron chi connectivity index (χ2n) is 6.77. The van der Waals surface area contributed by atoms with Crippen LogP contribution in [-0.4, -0.2) is 36.1 Å². The lowest BCUT2D eigenvalue weighted by atomic mass is 9.97. The van der Waals surface area contributed by atoms with Gasteiger partial charge in [-0.05, 0) is 38.1 Å². The lowest BCUT2D eigenvalue weighted by molar-refractivity contribution is -0.136. The number of aryl methyl sites for hydroxylation is 1. The van der Waals surface area contributed by atoms with Crippen molar-refractivity contribution in [3.8, 4) is 0 Å². The second-order valence-corrected chi connectivity index (χ2v) is 7.18. The van der Waals surface area contributed by atoms with Gasteiger partial charge in [-0.25, -0.2) is 9.69 Å². The summed E-state index contributed by atoms with van der Waals surface area (Å²) < 4.78 is 5.08. The van der Waals surface area contributed by atoms with Crippen molar-refractivity contribution in [3.63, 3.8) is 0 Å². The molecule has 0 bridgehead atoms. The first-order valence-electron chi connectivity index (χ1n) is 9.18. The van der Waals surface area contributed by atoms with Gasteiger partial charge >= 0.3 is 5.97 Å². The van der Waals surface area contributed by atoms with Crippen LogP contribution in [0.25, 0.3) is 0 Å². The Morgan fingerprint density at radius 3 is 2.45 bits per heavy atom. The van der Waals surface area contributed by atoms with E-state index in [2.05, 4.69) is 5.10 Å². The molecule has 2 heterocycles. The van der Waals surface area contributed by atoms with Gasteiger partial charge in [0.2, 0.25) is 5.91 Å². The molecular weight excluding hydrogens is 394 g/mol. The highest BCUT2D eigenvalue weighted by atomic mass is 35.5. The Hall–Kier alpha value is -3.19. The first-order chi connectivity index (χ1) is 13.9. The number of hydrazone groups is 1. The molecule has 2 amide bonds. The maximum atomic E-state index is 13.3. The van der Waals surface area contributed by atoms with Gasteiger partial charge in [0.1, 0.15) is 12.0 Å². The Balaban J connectivity index is 1.81. The van der Waals surface area contributed by atoms with E-state index in [-0.39, 0.29) is 23.0 Å². The number of imide groups is 1. The second kappa shape index (κ2) is 7.33. The molecule has 1 fully saturated rings. The highest BCUT2D eigenvalue weighted by Crippen LogP contribution is 2.39. The van der Waals surface area contributed by atoms with Crippen LogP contribution < -0.4 is 9.91 Å². The number of hydrogen-bond acceptors (Lipinski definition) is 6. The van der Waals surface area contributed by atoms with Crippen LogP contribution >= 0.6 is 11.6 Å². The third kappa shape index (κ3) is 3.07. The zero-order chi connectivity index (χ0) is 20.7. The molecule has 2 aliphatic heterocycles. The maximum Gasteiger partial charge on any atom is 0.355 e. The molecule has 0 radical (unpaired) electrons. The number of nitrogens with zero attached hydrogens (tertiary/aromatic N) is 3. The number of halogens is 1. The predicted molar refractivity (Wildman–Crippen MR) is 109 cm³/mol. The molecule has 0 aromatic heterocycles. The smallest absolute Gasteiger partial charge is 0.355 e. The molecule has 8 heteroatoms. The van der Waals surface area contributed by atoms with Crippen molar-refractivity contribution in [2.75, 3.05) is 16.5 Å². The maximum absolute atomic E-state index is 13.3. The van der Waals surface area contributed by atoms with Crippen molar-refractivity contribution in [2.24, 2.45) is 11.0 Å². The third-order valence-electron chi connectivity index (χ3n) is 4.93. The van der Waals surface area contributed by atoms with E-state index in [9.17, 15) is 14.4 Å². The van der Waals surface area contributed by atoms with Gasteiger partial charge in [-0.15, -0.1) is 0 Å². The summed E-state index contributed by atoms with van der Waals surface area (Å²) in [5, 5.41) is 6.01. The zero-order valence-corrected chi connectivity index (χ0v) is 16.6. The van der Waals surface area contributed by atoms with E-state index in [1.807, 2.05) is 19.1 Å². The Morgan fingerprint density at radius 2 is 1.79 bits per heavy atom. The van der Waals surface area contributed by atoms with Crippen LogP contribution in [-0.2, 0) is 19.1 Å². The monoisotopic (exact) mass is 411 g/mol. The molecule has 2 aliphatic rings. The molecule has 1 saturated heterocycles. The normalized spacial score (nSPS) is 20.7. The Kier molecular flexibility index (Phi) is 4.84. The first kappa shape index (κ1) is 19.1. The SMILES string of the molecule is CCOC(=O)C1=NN(c2ccc(C)cc2)[C@@H]2C(=O)N(c3ccccc3Cl)C(=O)[C@@H]12. The molecule has 0 N–H and O–H groups in total. The number of benzene rings is 2. The fourth-order valence-electron chi connectivity index (χ4n) is 3.57. The minimum atomic E-state index is -1.06. The fourth-order valence-corrected chi connectivity index (χ4v) is 3.79. The van der Waals surface area contributed by atoms with Crippen LogP contribution in [0.1, 0.15) is 12.5 Å². The van der Waals surface area contributed by atoms with E-state index in [0.717, 1.165) is 10.5 Å². The average molecular weight is 412 g/mol.